The van der Waals surface area contributed by atoms with Crippen LogP contribution in [-0.4, -0.2) is 15.8 Å². The highest BCUT2D eigenvalue weighted by atomic mass is 16.1. The van der Waals surface area contributed by atoms with Gasteiger partial charge in [0.2, 0.25) is 0 Å². The van der Waals surface area contributed by atoms with Crippen LogP contribution in [0.5, 0.6) is 0 Å². The van der Waals surface area contributed by atoms with Crippen molar-refractivity contribution in [3.8, 4) is 0 Å². The van der Waals surface area contributed by atoms with Crippen molar-refractivity contribution in [3.63, 3.8) is 0 Å². The second-order valence-electron chi connectivity index (χ2n) is 4.57. The zero-order chi connectivity index (χ0) is 13.9. The molecule has 1 aromatic carbocycles. The van der Waals surface area contributed by atoms with Gasteiger partial charge in [-0.3, -0.25) is 14.8 Å². The minimum Gasteiger partial charge on any atom is -0.397 e. The summed E-state index contributed by atoms with van der Waals surface area (Å²) >= 11 is 0. The van der Waals surface area contributed by atoms with E-state index in [9.17, 15) is 4.79 Å². The van der Waals surface area contributed by atoms with E-state index in [2.05, 4.69) is 9.97 Å². The predicted octanol–water partition coefficient (Wildman–Crippen LogP) is 2.64. The summed E-state index contributed by atoms with van der Waals surface area (Å²) in [5, 5.41) is 1.06. The molecule has 3 rings (SSSR count). The molecule has 0 bridgehead atoms. The van der Waals surface area contributed by atoms with E-state index >= 15 is 0 Å². The lowest BCUT2D eigenvalue weighted by Crippen LogP contribution is -2.07. The van der Waals surface area contributed by atoms with E-state index in [1.807, 2.05) is 36.4 Å². The van der Waals surface area contributed by atoms with Crippen molar-refractivity contribution in [2.45, 2.75) is 6.42 Å². The number of anilines is 1. The van der Waals surface area contributed by atoms with Gasteiger partial charge in [-0.25, -0.2) is 0 Å². The molecule has 0 spiro atoms. The molecule has 0 aliphatic carbocycles. The highest BCUT2D eigenvalue weighted by Gasteiger charge is 2.09. The first-order valence-corrected chi connectivity index (χ1v) is 6.32. The van der Waals surface area contributed by atoms with Crippen molar-refractivity contribution < 1.29 is 4.79 Å². The smallest absolute Gasteiger partial charge is 0.187 e. The van der Waals surface area contributed by atoms with Crippen LogP contribution < -0.4 is 5.73 Å². The average molecular weight is 263 g/mol. The highest BCUT2D eigenvalue weighted by Crippen LogP contribution is 2.13. The topological polar surface area (TPSA) is 68.9 Å². The van der Waals surface area contributed by atoms with Crippen molar-refractivity contribution >= 4 is 22.4 Å². The fourth-order valence-electron chi connectivity index (χ4n) is 2.03. The first-order chi connectivity index (χ1) is 9.72. The van der Waals surface area contributed by atoms with Gasteiger partial charge in [-0.15, -0.1) is 0 Å². The monoisotopic (exact) mass is 263 g/mol. The number of ketones is 1. The van der Waals surface area contributed by atoms with Crippen LogP contribution in [0.1, 0.15) is 16.2 Å². The summed E-state index contributed by atoms with van der Waals surface area (Å²) in [5.41, 5.74) is 8.15. The fraction of sp³-hybridized carbons (Fsp3) is 0.0625. The van der Waals surface area contributed by atoms with E-state index in [1.54, 1.807) is 12.1 Å². The molecule has 0 unspecified atom stereocenters. The van der Waals surface area contributed by atoms with Crippen LogP contribution in [0.3, 0.4) is 0 Å². The Morgan fingerprint density at radius 3 is 2.70 bits per heavy atom. The molecule has 2 heterocycles. The van der Waals surface area contributed by atoms with Gasteiger partial charge in [-0.05, 0) is 24.3 Å². The molecule has 4 heteroatoms. The summed E-state index contributed by atoms with van der Waals surface area (Å²) in [6, 6.07) is 15.0. The predicted molar refractivity (Wildman–Crippen MR) is 78.4 cm³/mol. The number of Topliss-reactive ketones (excluding diaryl/α,β-unsaturated/α-hetero) is 1. The number of hydrogen-bond acceptors (Lipinski definition) is 4. The number of benzene rings is 1. The molecule has 2 aromatic heterocycles. The standard InChI is InChI=1S/C16H13N3O/c17-12-6-8-15(18-10-12)16(20)9-13-7-5-11-3-1-2-4-14(11)19-13/h1-8,10H,9,17H2. The van der Waals surface area contributed by atoms with Crippen LogP contribution in [0.25, 0.3) is 10.9 Å². The second kappa shape index (κ2) is 5.09. The van der Waals surface area contributed by atoms with Crippen LogP contribution >= 0.6 is 0 Å². The third-order valence-corrected chi connectivity index (χ3v) is 3.07. The summed E-state index contributed by atoms with van der Waals surface area (Å²) < 4.78 is 0. The van der Waals surface area contributed by atoms with Crippen LogP contribution in [-0.2, 0) is 6.42 Å². The molecular weight excluding hydrogens is 250 g/mol. The number of carbonyl (C=O) groups is 1. The van der Waals surface area contributed by atoms with Gasteiger partial charge in [0.15, 0.2) is 5.78 Å². The zero-order valence-electron chi connectivity index (χ0n) is 10.8. The molecule has 4 nitrogen and oxygen atoms in total. The summed E-state index contributed by atoms with van der Waals surface area (Å²) in [7, 11) is 0. The first kappa shape index (κ1) is 12.3. The summed E-state index contributed by atoms with van der Waals surface area (Å²) in [6.45, 7) is 0. The van der Waals surface area contributed by atoms with Gasteiger partial charge in [0, 0.05) is 11.1 Å². The van der Waals surface area contributed by atoms with Gasteiger partial charge >= 0.3 is 0 Å². The highest BCUT2D eigenvalue weighted by molar-refractivity contribution is 5.96. The Balaban J connectivity index is 1.85. The Morgan fingerprint density at radius 1 is 1.05 bits per heavy atom. The van der Waals surface area contributed by atoms with Crippen LogP contribution in [0, 0.1) is 0 Å². The Bertz CT molecular complexity index is 766. The van der Waals surface area contributed by atoms with Gasteiger partial charge in [-0.2, -0.15) is 0 Å². The van der Waals surface area contributed by atoms with E-state index < -0.39 is 0 Å². The SMILES string of the molecule is Nc1ccc(C(=O)Cc2ccc3ccccc3n2)nc1. The van der Waals surface area contributed by atoms with Crippen molar-refractivity contribution in [1.82, 2.24) is 9.97 Å². The fourth-order valence-corrected chi connectivity index (χ4v) is 2.03. The minimum absolute atomic E-state index is 0.0622. The molecule has 0 saturated heterocycles. The van der Waals surface area contributed by atoms with E-state index in [4.69, 9.17) is 5.73 Å². The number of carbonyl (C=O) groups excluding carboxylic acids is 1. The van der Waals surface area contributed by atoms with E-state index in [1.165, 1.54) is 6.20 Å². The van der Waals surface area contributed by atoms with Gasteiger partial charge in [0.1, 0.15) is 5.69 Å². The number of rotatable bonds is 3. The van der Waals surface area contributed by atoms with E-state index in [0.29, 0.717) is 11.4 Å². The third kappa shape index (κ3) is 2.49. The zero-order valence-corrected chi connectivity index (χ0v) is 10.8. The molecule has 2 N–H and O–H groups in total. The number of fused-ring (bicyclic) bond motifs is 1. The number of nitrogens with two attached hydrogens (primary N) is 1. The lowest BCUT2D eigenvalue weighted by molar-refractivity contribution is 0.0987. The number of hydrogen-bond donors (Lipinski definition) is 1. The van der Waals surface area contributed by atoms with Gasteiger partial charge in [-0.1, -0.05) is 24.3 Å². The maximum absolute atomic E-state index is 12.1. The Labute approximate surface area is 116 Å². The van der Waals surface area contributed by atoms with E-state index in [0.717, 1.165) is 16.6 Å². The molecule has 0 saturated carbocycles. The van der Waals surface area contributed by atoms with Crippen LogP contribution in [0.2, 0.25) is 0 Å². The number of aromatic nitrogens is 2. The Morgan fingerprint density at radius 2 is 1.90 bits per heavy atom. The molecule has 0 atom stereocenters. The quantitative estimate of drug-likeness (QED) is 0.737. The number of nitrogen functional groups attached to an aromatic ring is 1. The molecule has 0 aliphatic heterocycles. The van der Waals surface area contributed by atoms with Gasteiger partial charge < -0.3 is 5.73 Å². The molecule has 3 aromatic rings. The number of nitrogens with zero attached hydrogens (tertiary/aromatic N) is 2. The molecular formula is C16H13N3O. The average Bonchev–Trinajstić information content (AvgIpc) is 2.48. The van der Waals surface area contributed by atoms with E-state index in [-0.39, 0.29) is 12.2 Å². The third-order valence-electron chi connectivity index (χ3n) is 3.07. The summed E-state index contributed by atoms with van der Waals surface area (Å²) in [6.07, 6.45) is 1.73. The maximum atomic E-state index is 12.1. The van der Waals surface area contributed by atoms with Crippen molar-refractivity contribution in [3.05, 3.63) is 66.1 Å². The van der Waals surface area contributed by atoms with Crippen LogP contribution in [0.4, 0.5) is 5.69 Å². The lowest BCUT2D eigenvalue weighted by atomic mass is 10.1. The number of pyridine rings is 2. The van der Waals surface area contributed by atoms with Crippen molar-refractivity contribution in [2.24, 2.45) is 0 Å². The van der Waals surface area contributed by atoms with Gasteiger partial charge in [0.25, 0.3) is 0 Å². The van der Waals surface area contributed by atoms with Crippen molar-refractivity contribution in [1.29, 1.82) is 0 Å². The molecule has 0 fully saturated rings. The lowest BCUT2D eigenvalue weighted by Gasteiger charge is -2.03. The summed E-state index contributed by atoms with van der Waals surface area (Å²) in [4.78, 5) is 20.6. The maximum Gasteiger partial charge on any atom is 0.187 e. The second-order valence-corrected chi connectivity index (χ2v) is 4.57. The van der Waals surface area contributed by atoms with Crippen LogP contribution in [0.15, 0.2) is 54.7 Å². The largest absolute Gasteiger partial charge is 0.397 e. The molecule has 20 heavy (non-hydrogen) atoms. The molecule has 0 amide bonds. The molecule has 0 aliphatic rings. The summed E-state index contributed by atoms with van der Waals surface area (Å²) in [5.74, 6) is -0.0622. The first-order valence-electron chi connectivity index (χ1n) is 6.32. The van der Waals surface area contributed by atoms with Crippen molar-refractivity contribution in [2.75, 3.05) is 5.73 Å². The number of para-hydroxylation sites is 1. The molecule has 0 radical (unpaired) electrons. The Hall–Kier alpha value is -2.75. The normalized spacial score (nSPS) is 10.6. The Kier molecular flexibility index (Phi) is 3.13. The van der Waals surface area contributed by atoms with Gasteiger partial charge in [0.05, 0.1) is 23.8 Å². The minimum atomic E-state index is -0.0622. The molecule has 98 valence electrons.